The van der Waals surface area contributed by atoms with Crippen LogP contribution >= 0.6 is 11.6 Å². The van der Waals surface area contributed by atoms with Crippen LogP contribution in [-0.4, -0.2) is 23.0 Å². The van der Waals surface area contributed by atoms with Gasteiger partial charge in [0, 0.05) is 22.7 Å². The molecule has 0 radical (unpaired) electrons. The molecule has 0 atom stereocenters. The minimum atomic E-state index is -0.168. The highest BCUT2D eigenvalue weighted by atomic mass is 35.5. The smallest absolute Gasteiger partial charge is 0.251 e. The molecule has 0 fully saturated rings. The summed E-state index contributed by atoms with van der Waals surface area (Å²) in [4.78, 5) is 19.4. The molecule has 2 aromatic carbocycles. The second-order valence-corrected chi connectivity index (χ2v) is 5.21. The fourth-order valence-corrected chi connectivity index (χ4v) is 2.43. The predicted octanol–water partition coefficient (Wildman–Crippen LogP) is 3.15. The number of carbonyl (C=O) groups is 1. The molecule has 112 valence electrons. The molecule has 5 nitrogen and oxygen atoms in total. The Morgan fingerprint density at radius 1 is 1.32 bits per heavy atom. The van der Waals surface area contributed by atoms with Crippen LogP contribution < -0.4 is 10.1 Å². The second kappa shape index (κ2) is 6.07. The van der Waals surface area contributed by atoms with E-state index in [1.807, 2.05) is 0 Å². The van der Waals surface area contributed by atoms with Gasteiger partial charge in [0.25, 0.3) is 5.91 Å². The number of hydrogen-bond donors (Lipinski definition) is 2. The van der Waals surface area contributed by atoms with Crippen LogP contribution in [-0.2, 0) is 6.54 Å². The zero-order chi connectivity index (χ0) is 15.5. The van der Waals surface area contributed by atoms with E-state index in [4.69, 9.17) is 16.3 Å². The molecule has 0 unspecified atom stereocenters. The fraction of sp³-hybridized carbons (Fsp3) is 0.125. The number of carbonyl (C=O) groups excluding carboxylic acids is 1. The highest BCUT2D eigenvalue weighted by Gasteiger charge is 2.09. The largest absolute Gasteiger partial charge is 0.496 e. The molecule has 0 aliphatic rings. The number of halogens is 1. The number of aromatic amines is 1. The van der Waals surface area contributed by atoms with E-state index >= 15 is 0 Å². The van der Waals surface area contributed by atoms with E-state index in [0.717, 1.165) is 16.6 Å². The Morgan fingerprint density at radius 3 is 3.00 bits per heavy atom. The average molecular weight is 316 g/mol. The maximum absolute atomic E-state index is 12.2. The monoisotopic (exact) mass is 315 g/mol. The minimum Gasteiger partial charge on any atom is -0.496 e. The van der Waals surface area contributed by atoms with Crippen LogP contribution in [0.5, 0.6) is 5.75 Å². The Labute approximate surface area is 132 Å². The molecular formula is C16H14ClN3O2. The van der Waals surface area contributed by atoms with Crippen LogP contribution in [0.15, 0.2) is 42.7 Å². The highest BCUT2D eigenvalue weighted by molar-refractivity contribution is 6.30. The van der Waals surface area contributed by atoms with Crippen molar-refractivity contribution in [3.05, 3.63) is 58.9 Å². The molecule has 3 aromatic rings. The van der Waals surface area contributed by atoms with Crippen molar-refractivity contribution in [2.24, 2.45) is 0 Å². The van der Waals surface area contributed by atoms with Crippen molar-refractivity contribution < 1.29 is 9.53 Å². The lowest BCUT2D eigenvalue weighted by atomic mass is 10.1. The summed E-state index contributed by atoms with van der Waals surface area (Å²) >= 11 is 5.98. The van der Waals surface area contributed by atoms with E-state index in [0.29, 0.717) is 22.9 Å². The number of rotatable bonds is 4. The van der Waals surface area contributed by atoms with Crippen molar-refractivity contribution in [1.82, 2.24) is 15.3 Å². The Bertz CT molecular complexity index is 829. The van der Waals surface area contributed by atoms with Crippen molar-refractivity contribution in [2.45, 2.75) is 6.54 Å². The molecule has 3 rings (SSSR count). The van der Waals surface area contributed by atoms with Gasteiger partial charge in [-0.2, -0.15) is 0 Å². The molecule has 0 saturated carbocycles. The predicted molar refractivity (Wildman–Crippen MR) is 85.3 cm³/mol. The molecule has 6 heteroatoms. The van der Waals surface area contributed by atoms with Gasteiger partial charge in [-0.15, -0.1) is 0 Å². The molecule has 0 saturated heterocycles. The molecular weight excluding hydrogens is 302 g/mol. The SMILES string of the molecule is COc1ccc(Cl)cc1CNC(=O)c1ccc2nc[nH]c2c1. The summed E-state index contributed by atoms with van der Waals surface area (Å²) in [5.41, 5.74) is 3.05. The standard InChI is InChI=1S/C16H14ClN3O2/c1-22-15-5-3-12(17)6-11(15)8-18-16(21)10-2-4-13-14(7-10)20-9-19-13/h2-7,9H,8H2,1H3,(H,18,21)(H,19,20). The summed E-state index contributed by atoms with van der Waals surface area (Å²) in [6, 6.07) is 10.6. The molecule has 1 heterocycles. The van der Waals surface area contributed by atoms with Crippen LogP contribution in [0.2, 0.25) is 5.02 Å². The highest BCUT2D eigenvalue weighted by Crippen LogP contribution is 2.22. The summed E-state index contributed by atoms with van der Waals surface area (Å²) in [6.45, 7) is 0.337. The summed E-state index contributed by atoms with van der Waals surface area (Å²) < 4.78 is 5.26. The normalized spacial score (nSPS) is 10.6. The average Bonchev–Trinajstić information content (AvgIpc) is 3.00. The Balaban J connectivity index is 1.75. The van der Waals surface area contributed by atoms with Crippen molar-refractivity contribution >= 4 is 28.5 Å². The summed E-state index contributed by atoms with van der Waals surface area (Å²) in [7, 11) is 1.58. The number of amides is 1. The number of hydrogen-bond acceptors (Lipinski definition) is 3. The zero-order valence-corrected chi connectivity index (χ0v) is 12.6. The molecule has 0 bridgehead atoms. The quantitative estimate of drug-likeness (QED) is 0.777. The molecule has 1 aromatic heterocycles. The van der Waals surface area contributed by atoms with Gasteiger partial charge >= 0.3 is 0 Å². The number of nitrogens with zero attached hydrogens (tertiary/aromatic N) is 1. The summed E-state index contributed by atoms with van der Waals surface area (Å²) in [5, 5.41) is 3.46. The topological polar surface area (TPSA) is 67.0 Å². The van der Waals surface area contributed by atoms with Crippen molar-refractivity contribution in [3.63, 3.8) is 0 Å². The molecule has 0 aliphatic heterocycles. The number of nitrogens with one attached hydrogen (secondary N) is 2. The van der Waals surface area contributed by atoms with Gasteiger partial charge in [0.1, 0.15) is 5.75 Å². The van der Waals surface area contributed by atoms with Crippen LogP contribution in [0, 0.1) is 0 Å². The second-order valence-electron chi connectivity index (χ2n) is 4.77. The van der Waals surface area contributed by atoms with Gasteiger partial charge in [-0.25, -0.2) is 4.98 Å². The molecule has 1 amide bonds. The van der Waals surface area contributed by atoms with E-state index in [1.165, 1.54) is 0 Å². The third-order valence-electron chi connectivity index (χ3n) is 3.36. The first-order chi connectivity index (χ1) is 10.7. The maximum Gasteiger partial charge on any atom is 0.251 e. The fourth-order valence-electron chi connectivity index (χ4n) is 2.24. The third kappa shape index (κ3) is 2.89. The first-order valence-electron chi connectivity index (χ1n) is 6.71. The molecule has 22 heavy (non-hydrogen) atoms. The summed E-state index contributed by atoms with van der Waals surface area (Å²) in [5.74, 6) is 0.521. The van der Waals surface area contributed by atoms with E-state index in [9.17, 15) is 4.79 Å². The summed E-state index contributed by atoms with van der Waals surface area (Å²) in [6.07, 6.45) is 1.60. The lowest BCUT2D eigenvalue weighted by Crippen LogP contribution is -2.23. The molecule has 0 aliphatic carbocycles. The number of methoxy groups -OCH3 is 1. The van der Waals surface area contributed by atoms with Gasteiger partial charge in [0.15, 0.2) is 0 Å². The van der Waals surface area contributed by atoms with E-state index < -0.39 is 0 Å². The third-order valence-corrected chi connectivity index (χ3v) is 3.60. The number of ether oxygens (including phenoxy) is 1. The lowest BCUT2D eigenvalue weighted by molar-refractivity contribution is 0.0951. The van der Waals surface area contributed by atoms with Crippen molar-refractivity contribution in [2.75, 3.05) is 7.11 Å². The Morgan fingerprint density at radius 2 is 2.18 bits per heavy atom. The van der Waals surface area contributed by atoms with E-state index in [2.05, 4.69) is 15.3 Å². The molecule has 2 N–H and O–H groups in total. The van der Waals surface area contributed by atoms with Gasteiger partial charge in [-0.05, 0) is 36.4 Å². The number of fused-ring (bicyclic) bond motifs is 1. The Kier molecular flexibility index (Phi) is 3.98. The number of H-pyrrole nitrogens is 1. The van der Waals surface area contributed by atoms with Crippen molar-refractivity contribution in [3.8, 4) is 5.75 Å². The van der Waals surface area contributed by atoms with Gasteiger partial charge in [-0.1, -0.05) is 11.6 Å². The van der Waals surface area contributed by atoms with Crippen LogP contribution in [0.1, 0.15) is 15.9 Å². The minimum absolute atomic E-state index is 0.168. The number of imidazole rings is 1. The van der Waals surface area contributed by atoms with Crippen LogP contribution in [0.3, 0.4) is 0 Å². The number of benzene rings is 2. The van der Waals surface area contributed by atoms with Crippen LogP contribution in [0.4, 0.5) is 0 Å². The first kappa shape index (κ1) is 14.4. The van der Waals surface area contributed by atoms with E-state index in [1.54, 1.807) is 49.8 Å². The van der Waals surface area contributed by atoms with Gasteiger partial charge in [0.05, 0.1) is 24.5 Å². The lowest BCUT2D eigenvalue weighted by Gasteiger charge is -2.10. The first-order valence-corrected chi connectivity index (χ1v) is 7.09. The van der Waals surface area contributed by atoms with Crippen molar-refractivity contribution in [1.29, 1.82) is 0 Å². The maximum atomic E-state index is 12.2. The molecule has 0 spiro atoms. The van der Waals surface area contributed by atoms with Crippen LogP contribution in [0.25, 0.3) is 11.0 Å². The number of aromatic nitrogens is 2. The van der Waals surface area contributed by atoms with Gasteiger partial charge in [-0.3, -0.25) is 4.79 Å². The van der Waals surface area contributed by atoms with Gasteiger partial charge < -0.3 is 15.0 Å². The Hall–Kier alpha value is -2.53. The van der Waals surface area contributed by atoms with Gasteiger partial charge in [0.2, 0.25) is 0 Å². The zero-order valence-electron chi connectivity index (χ0n) is 11.9. The van der Waals surface area contributed by atoms with E-state index in [-0.39, 0.29) is 5.91 Å².